The number of hydrogen-bond donors (Lipinski definition) is 0. The van der Waals surface area contributed by atoms with E-state index in [0.29, 0.717) is 5.69 Å². The standard InChI is InChI=1S/C17H14BrNO/c1-11-5-6-15(18)13(8-11)14-9-16-12(2)4-3-7-19(16)17(14)10-20/h3-10H,1-2H3. The van der Waals surface area contributed by atoms with Crippen LogP contribution < -0.4 is 0 Å². The first-order chi connectivity index (χ1) is 9.61. The number of rotatable bonds is 2. The van der Waals surface area contributed by atoms with Crippen LogP contribution in [-0.4, -0.2) is 10.7 Å². The Balaban J connectivity index is 2.39. The lowest BCUT2D eigenvalue weighted by atomic mass is 10.0. The minimum atomic E-state index is 0.690. The minimum Gasteiger partial charge on any atom is -0.313 e. The predicted molar refractivity (Wildman–Crippen MR) is 85.4 cm³/mol. The fraction of sp³-hybridized carbons (Fsp3) is 0.118. The molecule has 1 aromatic carbocycles. The van der Waals surface area contributed by atoms with Gasteiger partial charge in [0.05, 0.1) is 5.69 Å². The maximum Gasteiger partial charge on any atom is 0.167 e. The monoisotopic (exact) mass is 327 g/mol. The van der Waals surface area contributed by atoms with Crippen molar-refractivity contribution in [3.8, 4) is 11.1 Å². The van der Waals surface area contributed by atoms with E-state index in [2.05, 4.69) is 54.0 Å². The topological polar surface area (TPSA) is 21.5 Å². The van der Waals surface area contributed by atoms with Crippen LogP contribution in [-0.2, 0) is 0 Å². The molecule has 0 atom stereocenters. The van der Waals surface area contributed by atoms with Crippen molar-refractivity contribution in [3.05, 3.63) is 63.9 Å². The van der Waals surface area contributed by atoms with Gasteiger partial charge in [-0.25, -0.2) is 0 Å². The van der Waals surface area contributed by atoms with Gasteiger partial charge >= 0.3 is 0 Å². The Morgan fingerprint density at radius 2 is 1.90 bits per heavy atom. The van der Waals surface area contributed by atoms with E-state index in [9.17, 15) is 4.79 Å². The first-order valence-corrected chi connectivity index (χ1v) is 7.23. The van der Waals surface area contributed by atoms with Crippen LogP contribution in [0.5, 0.6) is 0 Å². The van der Waals surface area contributed by atoms with E-state index >= 15 is 0 Å². The van der Waals surface area contributed by atoms with E-state index in [4.69, 9.17) is 0 Å². The van der Waals surface area contributed by atoms with Crippen LogP contribution in [0.25, 0.3) is 16.6 Å². The molecule has 0 saturated carbocycles. The number of aldehydes is 1. The molecule has 0 amide bonds. The summed E-state index contributed by atoms with van der Waals surface area (Å²) in [7, 11) is 0. The van der Waals surface area contributed by atoms with E-state index in [1.165, 1.54) is 5.56 Å². The third-order valence-corrected chi connectivity index (χ3v) is 4.28. The lowest BCUT2D eigenvalue weighted by Gasteiger charge is -2.05. The Hall–Kier alpha value is -1.87. The van der Waals surface area contributed by atoms with Crippen molar-refractivity contribution in [1.82, 2.24) is 4.40 Å². The number of benzene rings is 1. The second-order valence-corrected chi connectivity index (χ2v) is 5.85. The van der Waals surface area contributed by atoms with Crippen LogP contribution in [0.4, 0.5) is 0 Å². The third-order valence-electron chi connectivity index (χ3n) is 3.59. The summed E-state index contributed by atoms with van der Waals surface area (Å²) in [5.74, 6) is 0. The molecule has 0 bridgehead atoms. The predicted octanol–water partition coefficient (Wildman–Crippen LogP) is 4.80. The Morgan fingerprint density at radius 1 is 1.10 bits per heavy atom. The summed E-state index contributed by atoms with van der Waals surface area (Å²) in [6.45, 7) is 4.11. The van der Waals surface area contributed by atoms with Crippen molar-refractivity contribution in [2.24, 2.45) is 0 Å². The number of carbonyl (C=O) groups is 1. The maximum atomic E-state index is 11.5. The van der Waals surface area contributed by atoms with E-state index in [0.717, 1.165) is 33.0 Å². The minimum absolute atomic E-state index is 0.690. The van der Waals surface area contributed by atoms with Gasteiger partial charge in [-0.15, -0.1) is 0 Å². The van der Waals surface area contributed by atoms with E-state index < -0.39 is 0 Å². The number of carbonyl (C=O) groups excluding carboxylic acids is 1. The van der Waals surface area contributed by atoms with E-state index in [1.807, 2.05) is 22.7 Å². The van der Waals surface area contributed by atoms with Gasteiger partial charge in [0.15, 0.2) is 6.29 Å². The summed E-state index contributed by atoms with van der Waals surface area (Å²) in [6, 6.07) is 12.3. The summed E-state index contributed by atoms with van der Waals surface area (Å²) in [4.78, 5) is 11.5. The van der Waals surface area contributed by atoms with Crippen LogP contribution in [0, 0.1) is 13.8 Å². The average molecular weight is 328 g/mol. The molecule has 3 rings (SSSR count). The van der Waals surface area contributed by atoms with Gasteiger partial charge < -0.3 is 4.40 Å². The number of pyridine rings is 1. The van der Waals surface area contributed by atoms with Gasteiger partial charge in [0.2, 0.25) is 0 Å². The summed E-state index contributed by atoms with van der Waals surface area (Å²) >= 11 is 3.58. The Morgan fingerprint density at radius 3 is 2.65 bits per heavy atom. The van der Waals surface area contributed by atoms with Gasteiger partial charge in [0.1, 0.15) is 0 Å². The Bertz CT molecular complexity index is 817. The third kappa shape index (κ3) is 1.98. The zero-order valence-electron chi connectivity index (χ0n) is 11.4. The lowest BCUT2D eigenvalue weighted by Crippen LogP contribution is -1.93. The number of aryl methyl sites for hydroxylation is 2. The molecule has 0 aliphatic carbocycles. The lowest BCUT2D eigenvalue weighted by molar-refractivity contribution is 0.111. The molecule has 3 heteroatoms. The van der Waals surface area contributed by atoms with Crippen molar-refractivity contribution >= 4 is 27.7 Å². The second-order valence-electron chi connectivity index (χ2n) is 4.99. The SMILES string of the molecule is Cc1ccc(Br)c(-c2cc3c(C)cccn3c2C=O)c1. The molecule has 0 unspecified atom stereocenters. The molecule has 2 nitrogen and oxygen atoms in total. The summed E-state index contributed by atoms with van der Waals surface area (Å²) < 4.78 is 2.95. The molecule has 0 spiro atoms. The zero-order valence-corrected chi connectivity index (χ0v) is 12.9. The van der Waals surface area contributed by atoms with Gasteiger partial charge in [-0.1, -0.05) is 39.7 Å². The molecule has 100 valence electrons. The first kappa shape index (κ1) is 13.1. The highest BCUT2D eigenvalue weighted by Gasteiger charge is 2.14. The first-order valence-electron chi connectivity index (χ1n) is 6.44. The molecule has 20 heavy (non-hydrogen) atoms. The van der Waals surface area contributed by atoms with Crippen molar-refractivity contribution in [3.63, 3.8) is 0 Å². The molecule has 0 saturated heterocycles. The van der Waals surface area contributed by atoms with Gasteiger partial charge in [-0.3, -0.25) is 4.79 Å². The smallest absolute Gasteiger partial charge is 0.167 e. The van der Waals surface area contributed by atoms with Crippen molar-refractivity contribution < 1.29 is 4.79 Å². The molecular weight excluding hydrogens is 314 g/mol. The van der Waals surface area contributed by atoms with Crippen LogP contribution in [0.15, 0.2) is 47.1 Å². The highest BCUT2D eigenvalue weighted by molar-refractivity contribution is 9.10. The molecule has 0 radical (unpaired) electrons. The zero-order chi connectivity index (χ0) is 14.3. The van der Waals surface area contributed by atoms with Gasteiger partial charge in [-0.2, -0.15) is 0 Å². The van der Waals surface area contributed by atoms with Crippen molar-refractivity contribution in [2.45, 2.75) is 13.8 Å². The quantitative estimate of drug-likeness (QED) is 0.619. The molecule has 0 N–H and O–H groups in total. The second kappa shape index (κ2) is 4.91. The van der Waals surface area contributed by atoms with Gasteiger partial charge in [-0.05, 0) is 43.2 Å². The number of hydrogen-bond acceptors (Lipinski definition) is 1. The molecule has 3 aromatic rings. The summed E-state index contributed by atoms with van der Waals surface area (Å²) in [5.41, 5.74) is 6.10. The number of halogens is 1. The van der Waals surface area contributed by atoms with Crippen LogP contribution in [0.3, 0.4) is 0 Å². The van der Waals surface area contributed by atoms with Crippen LogP contribution in [0.2, 0.25) is 0 Å². The number of aromatic nitrogens is 1. The molecular formula is C17H14BrNO. The van der Waals surface area contributed by atoms with E-state index in [-0.39, 0.29) is 0 Å². The maximum absolute atomic E-state index is 11.5. The van der Waals surface area contributed by atoms with Crippen molar-refractivity contribution in [2.75, 3.05) is 0 Å². The average Bonchev–Trinajstić information content (AvgIpc) is 2.81. The van der Waals surface area contributed by atoms with Gasteiger partial charge in [0, 0.05) is 21.7 Å². The molecule has 0 aliphatic rings. The Labute approximate surface area is 126 Å². The fourth-order valence-electron chi connectivity index (χ4n) is 2.54. The van der Waals surface area contributed by atoms with Crippen molar-refractivity contribution in [1.29, 1.82) is 0 Å². The Kier molecular flexibility index (Phi) is 3.22. The molecule has 2 heterocycles. The van der Waals surface area contributed by atoms with Crippen LogP contribution in [0.1, 0.15) is 21.6 Å². The normalized spacial score (nSPS) is 10.9. The molecule has 0 aliphatic heterocycles. The fourth-order valence-corrected chi connectivity index (χ4v) is 3.00. The molecule has 0 fully saturated rings. The van der Waals surface area contributed by atoms with E-state index in [1.54, 1.807) is 0 Å². The number of nitrogens with zero attached hydrogens (tertiary/aromatic N) is 1. The summed E-state index contributed by atoms with van der Waals surface area (Å²) in [5, 5.41) is 0. The molecule has 2 aromatic heterocycles. The highest BCUT2D eigenvalue weighted by Crippen LogP contribution is 2.34. The highest BCUT2D eigenvalue weighted by atomic mass is 79.9. The largest absolute Gasteiger partial charge is 0.313 e. The van der Waals surface area contributed by atoms with Gasteiger partial charge in [0.25, 0.3) is 0 Å². The number of fused-ring (bicyclic) bond motifs is 1. The summed E-state index contributed by atoms with van der Waals surface area (Å²) in [6.07, 6.45) is 2.86. The van der Waals surface area contributed by atoms with Crippen LogP contribution >= 0.6 is 15.9 Å².